The maximum Gasteiger partial charge on any atom is 0.221 e. The largest absolute Gasteiger partial charge is 0.397 e. The number of nitrogen functional groups attached to an aromatic ring is 1. The fourth-order valence-electron chi connectivity index (χ4n) is 2.03. The Hall–Kier alpha value is -2.30. The first-order valence-electron chi connectivity index (χ1n) is 6.18. The Morgan fingerprint density at radius 3 is 2.95 bits per heavy atom. The molecular weight excluding hydrogens is 240 g/mol. The molecule has 1 heterocycles. The Morgan fingerprint density at radius 2 is 2.21 bits per heavy atom. The van der Waals surface area contributed by atoms with Gasteiger partial charge in [-0.25, -0.2) is 0 Å². The monoisotopic (exact) mass is 258 g/mol. The number of anilines is 2. The summed E-state index contributed by atoms with van der Waals surface area (Å²) in [4.78, 5) is 17.6. The molecule has 1 amide bonds. The molecule has 0 aliphatic heterocycles. The molecule has 0 saturated carbocycles. The molecule has 1 aromatic heterocycles. The SMILES string of the molecule is CNC(=O)CCN(C)c1ccc(N)c2ncccc12. The number of nitrogens with zero attached hydrogens (tertiary/aromatic N) is 2. The van der Waals surface area contributed by atoms with Crippen molar-refractivity contribution in [3.8, 4) is 0 Å². The molecule has 0 radical (unpaired) electrons. The maximum absolute atomic E-state index is 11.3. The minimum absolute atomic E-state index is 0.0322. The second-order valence-corrected chi connectivity index (χ2v) is 4.42. The van der Waals surface area contributed by atoms with E-state index in [2.05, 4.69) is 10.3 Å². The fraction of sp³-hybridized carbons (Fsp3) is 0.286. The van der Waals surface area contributed by atoms with Gasteiger partial charge in [0.15, 0.2) is 0 Å². The zero-order valence-corrected chi connectivity index (χ0v) is 11.2. The number of nitrogens with one attached hydrogen (secondary N) is 1. The van der Waals surface area contributed by atoms with E-state index < -0.39 is 0 Å². The van der Waals surface area contributed by atoms with Gasteiger partial charge in [0.2, 0.25) is 5.91 Å². The van der Waals surface area contributed by atoms with Crippen LogP contribution in [-0.2, 0) is 4.79 Å². The van der Waals surface area contributed by atoms with Crippen molar-refractivity contribution < 1.29 is 4.79 Å². The van der Waals surface area contributed by atoms with E-state index in [0.29, 0.717) is 18.7 Å². The number of carbonyl (C=O) groups is 1. The number of hydrogen-bond acceptors (Lipinski definition) is 4. The second kappa shape index (κ2) is 5.56. The molecule has 19 heavy (non-hydrogen) atoms. The van der Waals surface area contributed by atoms with Crippen molar-refractivity contribution in [1.29, 1.82) is 0 Å². The lowest BCUT2D eigenvalue weighted by molar-refractivity contribution is -0.120. The number of rotatable bonds is 4. The highest BCUT2D eigenvalue weighted by Crippen LogP contribution is 2.28. The smallest absolute Gasteiger partial charge is 0.221 e. The third kappa shape index (κ3) is 2.76. The lowest BCUT2D eigenvalue weighted by Gasteiger charge is -2.21. The van der Waals surface area contributed by atoms with Crippen molar-refractivity contribution in [2.45, 2.75) is 6.42 Å². The number of amides is 1. The van der Waals surface area contributed by atoms with Gasteiger partial charge in [-0.2, -0.15) is 0 Å². The number of aromatic nitrogens is 1. The van der Waals surface area contributed by atoms with Gasteiger partial charge in [-0.1, -0.05) is 0 Å². The third-order valence-corrected chi connectivity index (χ3v) is 3.14. The van der Waals surface area contributed by atoms with Gasteiger partial charge in [0.25, 0.3) is 0 Å². The summed E-state index contributed by atoms with van der Waals surface area (Å²) in [5.41, 5.74) is 8.42. The summed E-state index contributed by atoms with van der Waals surface area (Å²) in [5.74, 6) is 0.0322. The molecule has 0 atom stereocenters. The van der Waals surface area contributed by atoms with Crippen molar-refractivity contribution in [1.82, 2.24) is 10.3 Å². The second-order valence-electron chi connectivity index (χ2n) is 4.42. The topological polar surface area (TPSA) is 71.2 Å². The normalized spacial score (nSPS) is 10.4. The molecule has 100 valence electrons. The van der Waals surface area contributed by atoms with Gasteiger partial charge in [-0.15, -0.1) is 0 Å². The van der Waals surface area contributed by atoms with Crippen LogP contribution in [0.4, 0.5) is 11.4 Å². The molecule has 2 aromatic rings. The van der Waals surface area contributed by atoms with Gasteiger partial charge in [0, 0.05) is 44.3 Å². The van der Waals surface area contributed by atoms with Gasteiger partial charge in [0.1, 0.15) is 0 Å². The van der Waals surface area contributed by atoms with Crippen molar-refractivity contribution in [2.24, 2.45) is 0 Å². The van der Waals surface area contributed by atoms with Crippen LogP contribution in [0.1, 0.15) is 6.42 Å². The number of benzene rings is 1. The lowest BCUT2D eigenvalue weighted by atomic mass is 10.1. The molecule has 5 heteroatoms. The van der Waals surface area contributed by atoms with E-state index >= 15 is 0 Å². The van der Waals surface area contributed by atoms with E-state index in [0.717, 1.165) is 16.6 Å². The first-order chi connectivity index (χ1) is 9.13. The minimum atomic E-state index is 0.0322. The van der Waals surface area contributed by atoms with Crippen LogP contribution < -0.4 is 16.0 Å². The van der Waals surface area contributed by atoms with Crippen LogP contribution in [0.15, 0.2) is 30.5 Å². The molecule has 0 aliphatic carbocycles. The predicted octanol–water partition coefficient (Wildman–Crippen LogP) is 1.39. The highest BCUT2D eigenvalue weighted by molar-refractivity contribution is 5.98. The van der Waals surface area contributed by atoms with Gasteiger partial charge in [-0.3, -0.25) is 9.78 Å². The Labute approximate surface area is 112 Å². The molecule has 2 rings (SSSR count). The van der Waals surface area contributed by atoms with Gasteiger partial charge >= 0.3 is 0 Å². The van der Waals surface area contributed by atoms with Crippen LogP contribution in [0, 0.1) is 0 Å². The predicted molar refractivity (Wildman–Crippen MR) is 78.1 cm³/mol. The van der Waals surface area contributed by atoms with Crippen LogP contribution in [0.5, 0.6) is 0 Å². The number of carbonyl (C=O) groups excluding carboxylic acids is 1. The van der Waals surface area contributed by atoms with Gasteiger partial charge in [-0.05, 0) is 24.3 Å². The summed E-state index contributed by atoms with van der Waals surface area (Å²) in [5, 5.41) is 3.62. The summed E-state index contributed by atoms with van der Waals surface area (Å²) in [6.45, 7) is 0.646. The molecule has 0 bridgehead atoms. The summed E-state index contributed by atoms with van der Waals surface area (Å²) in [6.07, 6.45) is 2.19. The van der Waals surface area contributed by atoms with Crippen LogP contribution in [0.3, 0.4) is 0 Å². The maximum atomic E-state index is 11.3. The van der Waals surface area contributed by atoms with Crippen LogP contribution >= 0.6 is 0 Å². The van der Waals surface area contributed by atoms with E-state index in [1.165, 1.54) is 0 Å². The van der Waals surface area contributed by atoms with E-state index in [1.54, 1.807) is 13.2 Å². The van der Waals surface area contributed by atoms with Crippen molar-refractivity contribution >= 4 is 28.2 Å². The number of hydrogen-bond donors (Lipinski definition) is 2. The van der Waals surface area contributed by atoms with Crippen LogP contribution in [0.25, 0.3) is 10.9 Å². The van der Waals surface area contributed by atoms with Crippen molar-refractivity contribution in [2.75, 3.05) is 31.3 Å². The summed E-state index contributed by atoms with van der Waals surface area (Å²) >= 11 is 0. The first-order valence-corrected chi connectivity index (χ1v) is 6.18. The fourth-order valence-corrected chi connectivity index (χ4v) is 2.03. The Kier molecular flexibility index (Phi) is 3.85. The molecule has 0 saturated heterocycles. The van der Waals surface area contributed by atoms with E-state index in [-0.39, 0.29) is 5.91 Å². The number of fused-ring (bicyclic) bond motifs is 1. The molecule has 0 fully saturated rings. The average molecular weight is 258 g/mol. The van der Waals surface area contributed by atoms with Crippen LogP contribution in [0.2, 0.25) is 0 Å². The molecule has 5 nitrogen and oxygen atoms in total. The van der Waals surface area contributed by atoms with E-state index in [9.17, 15) is 4.79 Å². The summed E-state index contributed by atoms with van der Waals surface area (Å²) in [7, 11) is 3.60. The zero-order valence-electron chi connectivity index (χ0n) is 11.2. The molecule has 0 aliphatic rings. The molecular formula is C14H18N4O. The Balaban J connectivity index is 2.29. The third-order valence-electron chi connectivity index (χ3n) is 3.14. The van der Waals surface area contributed by atoms with E-state index in [1.807, 2.05) is 36.2 Å². The molecule has 1 aromatic carbocycles. The standard InChI is InChI=1S/C14H18N4O/c1-16-13(19)7-9-18(2)12-6-5-11(15)14-10(12)4-3-8-17-14/h3-6,8H,7,9,15H2,1-2H3,(H,16,19). The zero-order chi connectivity index (χ0) is 13.8. The van der Waals surface area contributed by atoms with Gasteiger partial charge in [0.05, 0.1) is 11.2 Å². The molecule has 0 spiro atoms. The van der Waals surface area contributed by atoms with E-state index in [4.69, 9.17) is 5.73 Å². The highest BCUT2D eigenvalue weighted by atomic mass is 16.1. The van der Waals surface area contributed by atoms with Crippen molar-refractivity contribution in [3.05, 3.63) is 30.5 Å². The summed E-state index contributed by atoms with van der Waals surface area (Å²) < 4.78 is 0. The van der Waals surface area contributed by atoms with Crippen LogP contribution in [-0.4, -0.2) is 31.5 Å². The average Bonchev–Trinajstić information content (AvgIpc) is 2.45. The quantitative estimate of drug-likeness (QED) is 0.813. The van der Waals surface area contributed by atoms with Crippen molar-refractivity contribution in [3.63, 3.8) is 0 Å². The number of nitrogens with two attached hydrogens (primary N) is 1. The Bertz CT molecular complexity index is 597. The Morgan fingerprint density at radius 1 is 1.42 bits per heavy atom. The highest BCUT2D eigenvalue weighted by Gasteiger charge is 2.09. The molecule has 3 N–H and O–H groups in total. The summed E-state index contributed by atoms with van der Waals surface area (Å²) in [6, 6.07) is 7.69. The lowest BCUT2D eigenvalue weighted by Crippen LogP contribution is -2.26. The molecule has 0 unspecified atom stereocenters. The first kappa shape index (κ1) is 13.1. The van der Waals surface area contributed by atoms with Gasteiger partial charge < -0.3 is 16.0 Å². The number of pyridine rings is 1. The minimum Gasteiger partial charge on any atom is -0.397 e.